The van der Waals surface area contributed by atoms with Gasteiger partial charge in [0.2, 0.25) is 0 Å². The fourth-order valence-corrected chi connectivity index (χ4v) is 1.40. The van der Waals surface area contributed by atoms with Gasteiger partial charge in [0.1, 0.15) is 18.7 Å². The van der Waals surface area contributed by atoms with Crippen molar-refractivity contribution in [3.05, 3.63) is 42.0 Å². The summed E-state index contributed by atoms with van der Waals surface area (Å²) in [4.78, 5) is 15.3. The largest absolute Gasteiger partial charge is 0.486 e. The van der Waals surface area contributed by atoms with Gasteiger partial charge in [-0.25, -0.2) is 4.98 Å². The standard InChI is InChI=1S/C12H13N3O2/c1-9(16)10-4-3-5-11(6-10)17-7-12-13-8-14-15(12)2/h3-6,8H,7H2,1-2H3. The van der Waals surface area contributed by atoms with Crippen LogP contribution in [0, 0.1) is 0 Å². The van der Waals surface area contributed by atoms with Crippen molar-refractivity contribution in [1.82, 2.24) is 14.8 Å². The summed E-state index contributed by atoms with van der Waals surface area (Å²) in [5.74, 6) is 1.41. The normalized spacial score (nSPS) is 10.2. The summed E-state index contributed by atoms with van der Waals surface area (Å²) in [6.07, 6.45) is 1.48. The van der Waals surface area contributed by atoms with Crippen LogP contribution >= 0.6 is 0 Å². The fourth-order valence-electron chi connectivity index (χ4n) is 1.40. The molecule has 0 aliphatic heterocycles. The van der Waals surface area contributed by atoms with E-state index >= 15 is 0 Å². The zero-order valence-electron chi connectivity index (χ0n) is 9.75. The average molecular weight is 231 g/mol. The van der Waals surface area contributed by atoms with Crippen LogP contribution in [0.15, 0.2) is 30.6 Å². The van der Waals surface area contributed by atoms with E-state index < -0.39 is 0 Å². The van der Waals surface area contributed by atoms with Crippen molar-refractivity contribution in [3.63, 3.8) is 0 Å². The van der Waals surface area contributed by atoms with E-state index in [1.54, 1.807) is 29.9 Å². The molecule has 5 nitrogen and oxygen atoms in total. The minimum absolute atomic E-state index is 0.0223. The van der Waals surface area contributed by atoms with Crippen LogP contribution in [0.3, 0.4) is 0 Å². The zero-order valence-corrected chi connectivity index (χ0v) is 9.75. The Kier molecular flexibility index (Phi) is 3.18. The number of aryl methyl sites for hydroxylation is 1. The number of hydrogen-bond acceptors (Lipinski definition) is 4. The Morgan fingerprint density at radius 3 is 2.94 bits per heavy atom. The number of carbonyl (C=O) groups is 1. The molecule has 2 aromatic rings. The second kappa shape index (κ2) is 4.78. The van der Waals surface area contributed by atoms with Crippen LogP contribution in [0.25, 0.3) is 0 Å². The lowest BCUT2D eigenvalue weighted by Gasteiger charge is -2.06. The third kappa shape index (κ3) is 2.69. The minimum atomic E-state index is 0.0223. The highest BCUT2D eigenvalue weighted by molar-refractivity contribution is 5.94. The summed E-state index contributed by atoms with van der Waals surface area (Å²) in [6.45, 7) is 1.86. The first-order valence-electron chi connectivity index (χ1n) is 5.23. The number of carbonyl (C=O) groups excluding carboxylic acids is 1. The van der Waals surface area contributed by atoms with Gasteiger partial charge < -0.3 is 4.74 Å². The highest BCUT2D eigenvalue weighted by Gasteiger charge is 2.04. The highest BCUT2D eigenvalue weighted by atomic mass is 16.5. The van der Waals surface area contributed by atoms with Crippen LogP contribution in [-0.4, -0.2) is 20.5 Å². The Hall–Kier alpha value is -2.17. The molecule has 5 heteroatoms. The van der Waals surface area contributed by atoms with Crippen molar-refractivity contribution in [3.8, 4) is 5.75 Å². The maximum atomic E-state index is 11.2. The molecule has 17 heavy (non-hydrogen) atoms. The first-order chi connectivity index (χ1) is 8.16. The van der Waals surface area contributed by atoms with Gasteiger partial charge in [-0.15, -0.1) is 0 Å². The molecule has 0 bridgehead atoms. The Labute approximate surface area is 99.1 Å². The van der Waals surface area contributed by atoms with Crippen LogP contribution in [0.1, 0.15) is 23.1 Å². The van der Waals surface area contributed by atoms with E-state index in [9.17, 15) is 4.79 Å². The number of benzene rings is 1. The number of ether oxygens (including phenoxy) is 1. The van der Waals surface area contributed by atoms with E-state index in [0.29, 0.717) is 17.9 Å². The predicted octanol–water partition coefficient (Wildman–Crippen LogP) is 1.60. The summed E-state index contributed by atoms with van der Waals surface area (Å²) < 4.78 is 7.19. The van der Waals surface area contributed by atoms with Crippen LogP contribution < -0.4 is 4.74 Å². The molecule has 0 radical (unpaired) electrons. The van der Waals surface area contributed by atoms with Gasteiger partial charge in [0.25, 0.3) is 0 Å². The first kappa shape index (κ1) is 11.3. The second-order valence-corrected chi connectivity index (χ2v) is 3.67. The molecule has 0 atom stereocenters. The maximum absolute atomic E-state index is 11.2. The second-order valence-electron chi connectivity index (χ2n) is 3.67. The number of nitrogens with zero attached hydrogens (tertiary/aromatic N) is 3. The van der Waals surface area contributed by atoms with Gasteiger partial charge in [0.05, 0.1) is 0 Å². The summed E-state index contributed by atoms with van der Waals surface area (Å²) >= 11 is 0. The molecule has 0 aliphatic rings. The summed E-state index contributed by atoms with van der Waals surface area (Å²) in [6, 6.07) is 7.09. The molecule has 0 N–H and O–H groups in total. The van der Waals surface area contributed by atoms with Crippen LogP contribution in [0.5, 0.6) is 5.75 Å². The summed E-state index contributed by atoms with van der Waals surface area (Å²) in [5.41, 5.74) is 0.639. The zero-order chi connectivity index (χ0) is 12.3. The van der Waals surface area contributed by atoms with Crippen molar-refractivity contribution in [2.45, 2.75) is 13.5 Å². The lowest BCUT2D eigenvalue weighted by Crippen LogP contribution is -2.04. The van der Waals surface area contributed by atoms with Gasteiger partial charge >= 0.3 is 0 Å². The van der Waals surface area contributed by atoms with E-state index in [2.05, 4.69) is 10.1 Å². The molecule has 0 amide bonds. The number of aromatic nitrogens is 3. The minimum Gasteiger partial charge on any atom is -0.486 e. The van der Waals surface area contributed by atoms with Gasteiger partial charge in [-0.3, -0.25) is 9.48 Å². The van der Waals surface area contributed by atoms with Crippen LogP contribution in [0.2, 0.25) is 0 Å². The topological polar surface area (TPSA) is 57.0 Å². The highest BCUT2D eigenvalue weighted by Crippen LogP contribution is 2.14. The van der Waals surface area contributed by atoms with Crippen molar-refractivity contribution < 1.29 is 9.53 Å². The molecular formula is C12H13N3O2. The molecule has 1 heterocycles. The molecule has 1 aromatic carbocycles. The van der Waals surface area contributed by atoms with Gasteiger partial charge in [-0.05, 0) is 19.1 Å². The SMILES string of the molecule is CC(=O)c1cccc(OCc2ncnn2C)c1. The van der Waals surface area contributed by atoms with E-state index in [-0.39, 0.29) is 5.78 Å². The summed E-state index contributed by atoms with van der Waals surface area (Å²) in [5, 5.41) is 3.95. The Morgan fingerprint density at radius 1 is 1.47 bits per heavy atom. The Morgan fingerprint density at radius 2 is 2.29 bits per heavy atom. The maximum Gasteiger partial charge on any atom is 0.164 e. The molecule has 0 saturated heterocycles. The summed E-state index contributed by atoms with van der Waals surface area (Å²) in [7, 11) is 1.80. The molecule has 2 rings (SSSR count). The lowest BCUT2D eigenvalue weighted by molar-refractivity contribution is 0.101. The van der Waals surface area contributed by atoms with E-state index in [1.807, 2.05) is 6.07 Å². The molecule has 0 spiro atoms. The molecule has 1 aromatic heterocycles. The molecule has 0 fully saturated rings. The quantitative estimate of drug-likeness (QED) is 0.750. The monoisotopic (exact) mass is 231 g/mol. The number of Topliss-reactive ketones (excluding diaryl/α,β-unsaturated/α-hetero) is 1. The number of hydrogen-bond donors (Lipinski definition) is 0. The number of ketones is 1. The van der Waals surface area contributed by atoms with Crippen LogP contribution in [-0.2, 0) is 13.7 Å². The van der Waals surface area contributed by atoms with E-state index in [0.717, 1.165) is 5.82 Å². The van der Waals surface area contributed by atoms with Crippen molar-refractivity contribution >= 4 is 5.78 Å². The fraction of sp³-hybridized carbons (Fsp3) is 0.250. The smallest absolute Gasteiger partial charge is 0.164 e. The van der Waals surface area contributed by atoms with E-state index in [1.165, 1.54) is 13.3 Å². The Bertz CT molecular complexity index is 534. The predicted molar refractivity (Wildman–Crippen MR) is 61.8 cm³/mol. The third-order valence-electron chi connectivity index (χ3n) is 2.41. The molecule has 0 saturated carbocycles. The lowest BCUT2D eigenvalue weighted by atomic mass is 10.1. The number of rotatable bonds is 4. The third-order valence-corrected chi connectivity index (χ3v) is 2.41. The van der Waals surface area contributed by atoms with Gasteiger partial charge in [0, 0.05) is 12.6 Å². The van der Waals surface area contributed by atoms with Gasteiger partial charge in [-0.1, -0.05) is 12.1 Å². The molecule has 88 valence electrons. The van der Waals surface area contributed by atoms with Gasteiger partial charge in [-0.2, -0.15) is 5.10 Å². The molecule has 0 aliphatic carbocycles. The van der Waals surface area contributed by atoms with Crippen molar-refractivity contribution in [2.75, 3.05) is 0 Å². The first-order valence-corrected chi connectivity index (χ1v) is 5.23. The Balaban J connectivity index is 2.07. The van der Waals surface area contributed by atoms with Gasteiger partial charge in [0.15, 0.2) is 11.6 Å². The molecule has 0 unspecified atom stereocenters. The van der Waals surface area contributed by atoms with Crippen molar-refractivity contribution in [1.29, 1.82) is 0 Å². The average Bonchev–Trinajstić information content (AvgIpc) is 2.72. The molecular weight excluding hydrogens is 218 g/mol. The van der Waals surface area contributed by atoms with Crippen molar-refractivity contribution in [2.24, 2.45) is 7.05 Å². The van der Waals surface area contributed by atoms with E-state index in [4.69, 9.17) is 4.74 Å². The van der Waals surface area contributed by atoms with Crippen LogP contribution in [0.4, 0.5) is 0 Å².